The van der Waals surface area contributed by atoms with E-state index in [1.54, 1.807) is 24.3 Å². The van der Waals surface area contributed by atoms with Gasteiger partial charge in [0.1, 0.15) is 17.3 Å². The third-order valence-corrected chi connectivity index (χ3v) is 4.80. The van der Waals surface area contributed by atoms with Gasteiger partial charge in [0.15, 0.2) is 0 Å². The molecular weight excluding hydrogens is 324 g/mol. The fourth-order valence-corrected chi connectivity index (χ4v) is 2.95. The zero-order valence-corrected chi connectivity index (χ0v) is 14.3. The minimum Gasteiger partial charge on any atom is -0.497 e. The van der Waals surface area contributed by atoms with E-state index in [1.165, 1.54) is 13.2 Å². The minimum absolute atomic E-state index is 0.0635. The molecule has 7 nitrogen and oxygen atoms in total. The number of nitrogens with zero attached hydrogens (tertiary/aromatic N) is 1. The van der Waals surface area contributed by atoms with Gasteiger partial charge in [-0.2, -0.15) is 0 Å². The molecule has 2 N–H and O–H groups in total. The van der Waals surface area contributed by atoms with Crippen molar-refractivity contribution in [2.75, 3.05) is 13.7 Å². The number of furan rings is 1. The first-order valence-electron chi connectivity index (χ1n) is 8.24. The average Bonchev–Trinajstić information content (AvgIpc) is 3.38. The van der Waals surface area contributed by atoms with Crippen molar-refractivity contribution in [1.29, 1.82) is 0 Å². The molecule has 1 heterocycles. The van der Waals surface area contributed by atoms with Crippen LogP contribution in [0.25, 0.3) is 11.3 Å². The predicted octanol–water partition coefficient (Wildman–Crippen LogP) is 3.11. The Morgan fingerprint density at radius 3 is 2.76 bits per heavy atom. The van der Waals surface area contributed by atoms with Gasteiger partial charge in [-0.3, -0.25) is 10.1 Å². The van der Waals surface area contributed by atoms with Crippen LogP contribution in [-0.4, -0.2) is 29.3 Å². The molecule has 0 spiro atoms. The molecule has 0 bridgehead atoms. The Kier molecular flexibility index (Phi) is 4.78. The second-order valence-electron chi connectivity index (χ2n) is 6.61. The summed E-state index contributed by atoms with van der Waals surface area (Å²) < 4.78 is 10.8. The summed E-state index contributed by atoms with van der Waals surface area (Å²) in [6.07, 6.45) is 2.23. The van der Waals surface area contributed by atoms with E-state index in [4.69, 9.17) is 9.15 Å². The minimum atomic E-state index is -0.450. The van der Waals surface area contributed by atoms with Crippen LogP contribution in [0.15, 0.2) is 34.7 Å². The largest absolute Gasteiger partial charge is 0.497 e. The van der Waals surface area contributed by atoms with Crippen molar-refractivity contribution in [2.45, 2.75) is 31.8 Å². The standard InChI is InChI=1S/C18H22N2O5/c1-18(11-21,12-3-4-12)19-10-14-6-8-17(25-14)15-7-5-13(24-2)9-16(15)20(22)23/h5-9,12,19,21H,3-4,10-11H2,1-2H3. The summed E-state index contributed by atoms with van der Waals surface area (Å²) in [6, 6.07) is 8.18. The third-order valence-electron chi connectivity index (χ3n) is 4.80. The molecule has 1 aliphatic rings. The number of nitro benzene ring substituents is 1. The van der Waals surface area contributed by atoms with Crippen LogP contribution in [0.4, 0.5) is 5.69 Å². The van der Waals surface area contributed by atoms with Crippen molar-refractivity contribution < 1.29 is 19.2 Å². The van der Waals surface area contributed by atoms with E-state index in [9.17, 15) is 15.2 Å². The van der Waals surface area contributed by atoms with Gasteiger partial charge >= 0.3 is 0 Å². The molecular formula is C18H22N2O5. The number of benzene rings is 1. The molecule has 1 fully saturated rings. The Bertz CT molecular complexity index is 769. The Morgan fingerprint density at radius 2 is 2.16 bits per heavy atom. The Hall–Kier alpha value is -2.38. The highest BCUT2D eigenvalue weighted by Gasteiger charge is 2.40. The highest BCUT2D eigenvalue weighted by atomic mass is 16.6. The molecule has 7 heteroatoms. The predicted molar refractivity (Wildman–Crippen MR) is 92.4 cm³/mol. The lowest BCUT2D eigenvalue weighted by Crippen LogP contribution is -2.47. The van der Waals surface area contributed by atoms with Crippen LogP contribution in [0.5, 0.6) is 5.75 Å². The molecule has 1 aromatic heterocycles. The van der Waals surface area contributed by atoms with E-state index >= 15 is 0 Å². The van der Waals surface area contributed by atoms with Gasteiger partial charge in [-0.25, -0.2) is 0 Å². The molecule has 1 atom stereocenters. The number of ether oxygens (including phenoxy) is 1. The maximum Gasteiger partial charge on any atom is 0.284 e. The summed E-state index contributed by atoms with van der Waals surface area (Å²) in [5.74, 6) is 2.00. The van der Waals surface area contributed by atoms with Gasteiger partial charge in [0, 0.05) is 5.54 Å². The number of nitrogens with one attached hydrogen (secondary N) is 1. The van der Waals surface area contributed by atoms with Gasteiger partial charge in [0.2, 0.25) is 0 Å². The van der Waals surface area contributed by atoms with Crippen LogP contribution in [0.3, 0.4) is 0 Å². The van der Waals surface area contributed by atoms with Gasteiger partial charge < -0.3 is 19.6 Å². The van der Waals surface area contributed by atoms with Crippen molar-refractivity contribution in [1.82, 2.24) is 5.32 Å². The summed E-state index contributed by atoms with van der Waals surface area (Å²) in [5.41, 5.74) is 0.0227. The molecule has 25 heavy (non-hydrogen) atoms. The molecule has 1 aromatic carbocycles. The van der Waals surface area contributed by atoms with Crippen molar-refractivity contribution in [3.8, 4) is 17.1 Å². The molecule has 3 rings (SSSR count). The fraction of sp³-hybridized carbons (Fsp3) is 0.444. The fourth-order valence-electron chi connectivity index (χ4n) is 2.95. The first-order chi connectivity index (χ1) is 12.0. The van der Waals surface area contributed by atoms with Crippen molar-refractivity contribution >= 4 is 5.69 Å². The molecule has 1 aliphatic carbocycles. The summed E-state index contributed by atoms with van der Waals surface area (Å²) >= 11 is 0. The van der Waals surface area contributed by atoms with E-state index in [0.717, 1.165) is 12.8 Å². The van der Waals surface area contributed by atoms with E-state index in [1.807, 2.05) is 6.92 Å². The monoisotopic (exact) mass is 346 g/mol. The van der Waals surface area contributed by atoms with E-state index < -0.39 is 4.92 Å². The first kappa shape index (κ1) is 17.4. The number of aliphatic hydroxyl groups excluding tert-OH is 1. The molecule has 0 aliphatic heterocycles. The topological polar surface area (TPSA) is 97.8 Å². The van der Waals surface area contributed by atoms with Crippen molar-refractivity contribution in [2.24, 2.45) is 5.92 Å². The normalized spacial score (nSPS) is 16.4. The number of hydrogen-bond acceptors (Lipinski definition) is 6. The van der Waals surface area contributed by atoms with Crippen LogP contribution in [-0.2, 0) is 6.54 Å². The quantitative estimate of drug-likeness (QED) is 0.563. The molecule has 1 unspecified atom stereocenters. The van der Waals surface area contributed by atoms with Crippen molar-refractivity contribution in [3.05, 3.63) is 46.2 Å². The number of aliphatic hydroxyl groups is 1. The van der Waals surface area contributed by atoms with Crippen LogP contribution < -0.4 is 10.1 Å². The Balaban J connectivity index is 1.78. The number of rotatable bonds is 8. The van der Waals surface area contributed by atoms with Gasteiger partial charge in [0.05, 0.1) is 36.8 Å². The van der Waals surface area contributed by atoms with E-state index in [2.05, 4.69) is 5.32 Å². The lowest BCUT2D eigenvalue weighted by Gasteiger charge is -2.28. The SMILES string of the molecule is COc1ccc(-c2ccc(CNC(C)(CO)C3CC3)o2)c([N+](=O)[O-])c1. The summed E-state index contributed by atoms with van der Waals surface area (Å²) in [5, 5.41) is 24.3. The Labute approximate surface area is 145 Å². The molecule has 1 saturated carbocycles. The maximum atomic E-state index is 11.3. The van der Waals surface area contributed by atoms with Gasteiger partial charge in [-0.1, -0.05) is 0 Å². The van der Waals surface area contributed by atoms with Crippen molar-refractivity contribution in [3.63, 3.8) is 0 Å². The van der Waals surface area contributed by atoms with Crippen LogP contribution in [0.2, 0.25) is 0 Å². The van der Waals surface area contributed by atoms with E-state index in [-0.39, 0.29) is 17.8 Å². The highest BCUT2D eigenvalue weighted by molar-refractivity contribution is 5.71. The summed E-state index contributed by atoms with van der Waals surface area (Å²) in [6.45, 7) is 2.52. The lowest BCUT2D eigenvalue weighted by molar-refractivity contribution is -0.384. The zero-order valence-electron chi connectivity index (χ0n) is 14.3. The zero-order chi connectivity index (χ0) is 18.0. The first-order valence-corrected chi connectivity index (χ1v) is 8.24. The summed E-state index contributed by atoms with van der Waals surface area (Å²) in [7, 11) is 1.47. The second kappa shape index (κ2) is 6.85. The Morgan fingerprint density at radius 1 is 1.40 bits per heavy atom. The number of hydrogen-bond donors (Lipinski definition) is 2. The van der Waals surface area contributed by atoms with Gasteiger partial charge in [-0.05, 0) is 49.9 Å². The molecule has 2 aromatic rings. The summed E-state index contributed by atoms with van der Waals surface area (Å²) in [4.78, 5) is 10.9. The molecule has 134 valence electrons. The molecule has 0 radical (unpaired) electrons. The van der Waals surface area contributed by atoms with E-state index in [0.29, 0.717) is 35.3 Å². The van der Waals surface area contributed by atoms with Gasteiger partial charge in [0.25, 0.3) is 5.69 Å². The molecule has 0 saturated heterocycles. The highest BCUT2D eigenvalue weighted by Crippen LogP contribution is 2.39. The maximum absolute atomic E-state index is 11.3. The number of nitro groups is 1. The van der Waals surface area contributed by atoms with Crippen LogP contribution in [0, 0.1) is 16.0 Å². The molecule has 0 amide bonds. The van der Waals surface area contributed by atoms with Gasteiger partial charge in [-0.15, -0.1) is 0 Å². The number of methoxy groups -OCH3 is 1. The smallest absolute Gasteiger partial charge is 0.284 e. The lowest BCUT2D eigenvalue weighted by atomic mass is 9.97. The average molecular weight is 346 g/mol. The third kappa shape index (κ3) is 3.67. The van der Waals surface area contributed by atoms with Crippen LogP contribution >= 0.6 is 0 Å². The van der Waals surface area contributed by atoms with Crippen LogP contribution in [0.1, 0.15) is 25.5 Å². The second-order valence-corrected chi connectivity index (χ2v) is 6.61.